The number of carbonyl (C=O) groups is 2. The van der Waals surface area contributed by atoms with Crippen molar-refractivity contribution in [3.05, 3.63) is 21.9 Å². The van der Waals surface area contributed by atoms with Crippen molar-refractivity contribution in [3.63, 3.8) is 0 Å². The highest BCUT2D eigenvalue weighted by Gasteiger charge is 2.36. The van der Waals surface area contributed by atoms with E-state index in [9.17, 15) is 14.7 Å². The van der Waals surface area contributed by atoms with Crippen LogP contribution in [0.4, 0.5) is 4.79 Å². The predicted octanol–water partition coefficient (Wildman–Crippen LogP) is 1.48. The van der Waals surface area contributed by atoms with Crippen molar-refractivity contribution in [1.82, 2.24) is 10.2 Å². The lowest BCUT2D eigenvalue weighted by Crippen LogP contribution is -2.48. The van der Waals surface area contributed by atoms with Crippen molar-refractivity contribution in [1.29, 1.82) is 0 Å². The number of amides is 2. The SMILES string of the molecule is COCCCNC(=O)N1CCc2sccc2C1C(=O)O. The molecule has 20 heavy (non-hydrogen) atoms. The summed E-state index contributed by atoms with van der Waals surface area (Å²) >= 11 is 1.55. The number of carbonyl (C=O) groups excluding carboxylic acids is 1. The third-order valence-electron chi connectivity index (χ3n) is 3.26. The summed E-state index contributed by atoms with van der Waals surface area (Å²) in [6.45, 7) is 1.48. The maximum atomic E-state index is 12.1. The number of aliphatic carboxylic acids is 1. The van der Waals surface area contributed by atoms with Gasteiger partial charge in [-0.2, -0.15) is 0 Å². The van der Waals surface area contributed by atoms with E-state index in [1.807, 2.05) is 5.38 Å². The molecule has 0 saturated carbocycles. The van der Waals surface area contributed by atoms with Crippen LogP contribution in [0.15, 0.2) is 11.4 Å². The van der Waals surface area contributed by atoms with Crippen molar-refractivity contribution in [2.45, 2.75) is 18.9 Å². The first kappa shape index (κ1) is 14.8. The molecule has 0 aromatic carbocycles. The zero-order valence-corrected chi connectivity index (χ0v) is 12.1. The fourth-order valence-corrected chi connectivity index (χ4v) is 3.22. The second kappa shape index (κ2) is 6.71. The molecule has 0 bridgehead atoms. The average molecular weight is 298 g/mol. The Hall–Kier alpha value is -1.60. The topological polar surface area (TPSA) is 78.9 Å². The monoisotopic (exact) mass is 298 g/mol. The molecule has 1 aromatic rings. The molecule has 6 nitrogen and oxygen atoms in total. The molecule has 7 heteroatoms. The third-order valence-corrected chi connectivity index (χ3v) is 4.26. The predicted molar refractivity (Wildman–Crippen MR) is 75.0 cm³/mol. The summed E-state index contributed by atoms with van der Waals surface area (Å²) in [7, 11) is 1.60. The Morgan fingerprint density at radius 2 is 2.40 bits per heavy atom. The Kier molecular flexibility index (Phi) is 4.97. The van der Waals surface area contributed by atoms with Crippen LogP contribution in [-0.2, 0) is 16.0 Å². The Labute approximate surface area is 121 Å². The molecular weight excluding hydrogens is 280 g/mol. The minimum Gasteiger partial charge on any atom is -0.479 e. The average Bonchev–Trinajstić information content (AvgIpc) is 2.90. The molecule has 1 aromatic heterocycles. The molecule has 0 spiro atoms. The molecule has 0 aliphatic carbocycles. The van der Waals surface area contributed by atoms with E-state index >= 15 is 0 Å². The summed E-state index contributed by atoms with van der Waals surface area (Å²) in [4.78, 5) is 26.0. The maximum absolute atomic E-state index is 12.1. The van der Waals surface area contributed by atoms with Crippen LogP contribution in [0.2, 0.25) is 0 Å². The largest absolute Gasteiger partial charge is 0.479 e. The number of fused-ring (bicyclic) bond motifs is 1. The first-order valence-electron chi connectivity index (χ1n) is 6.47. The molecule has 0 fully saturated rings. The first-order chi connectivity index (χ1) is 9.65. The molecule has 1 aliphatic heterocycles. The lowest BCUT2D eigenvalue weighted by molar-refractivity contribution is -0.142. The molecule has 2 heterocycles. The first-order valence-corrected chi connectivity index (χ1v) is 7.35. The quantitative estimate of drug-likeness (QED) is 0.807. The highest BCUT2D eigenvalue weighted by molar-refractivity contribution is 7.10. The highest BCUT2D eigenvalue weighted by Crippen LogP contribution is 2.33. The van der Waals surface area contributed by atoms with Gasteiger partial charge < -0.3 is 20.1 Å². The summed E-state index contributed by atoms with van der Waals surface area (Å²) in [5.74, 6) is -0.989. The fraction of sp³-hybridized carbons (Fsp3) is 0.538. The van der Waals surface area contributed by atoms with E-state index in [1.54, 1.807) is 24.5 Å². The van der Waals surface area contributed by atoms with Gasteiger partial charge in [-0.05, 0) is 29.9 Å². The van der Waals surface area contributed by atoms with Crippen LogP contribution in [0.5, 0.6) is 0 Å². The minimum absolute atomic E-state index is 0.328. The number of hydrogen-bond donors (Lipinski definition) is 2. The van der Waals surface area contributed by atoms with Crippen LogP contribution < -0.4 is 5.32 Å². The summed E-state index contributed by atoms with van der Waals surface area (Å²) < 4.78 is 4.91. The van der Waals surface area contributed by atoms with Gasteiger partial charge in [-0.1, -0.05) is 0 Å². The number of nitrogens with zero attached hydrogens (tertiary/aromatic N) is 1. The zero-order valence-electron chi connectivity index (χ0n) is 11.3. The van der Waals surface area contributed by atoms with Gasteiger partial charge in [-0.15, -0.1) is 11.3 Å². The van der Waals surface area contributed by atoms with Gasteiger partial charge in [0.2, 0.25) is 0 Å². The number of rotatable bonds is 5. The van der Waals surface area contributed by atoms with E-state index in [4.69, 9.17) is 4.74 Å². The van der Waals surface area contributed by atoms with Crippen LogP contribution in [0.1, 0.15) is 22.9 Å². The van der Waals surface area contributed by atoms with E-state index in [0.29, 0.717) is 32.5 Å². The van der Waals surface area contributed by atoms with Gasteiger partial charge in [-0.25, -0.2) is 9.59 Å². The van der Waals surface area contributed by atoms with Gasteiger partial charge in [0.05, 0.1) is 0 Å². The number of carboxylic acid groups (broad SMARTS) is 1. The minimum atomic E-state index is -0.989. The number of nitrogens with one attached hydrogen (secondary N) is 1. The second-order valence-corrected chi connectivity index (χ2v) is 5.56. The Morgan fingerprint density at radius 1 is 1.60 bits per heavy atom. The maximum Gasteiger partial charge on any atom is 0.331 e. The molecule has 1 aliphatic rings. The lowest BCUT2D eigenvalue weighted by Gasteiger charge is -2.33. The van der Waals surface area contributed by atoms with Crippen molar-refractivity contribution < 1.29 is 19.4 Å². The van der Waals surface area contributed by atoms with Crippen LogP contribution in [0.3, 0.4) is 0 Å². The molecule has 1 atom stereocenters. The highest BCUT2D eigenvalue weighted by atomic mass is 32.1. The van der Waals surface area contributed by atoms with Gasteiger partial charge in [0.25, 0.3) is 0 Å². The Balaban J connectivity index is 2.04. The van der Waals surface area contributed by atoms with Crippen LogP contribution >= 0.6 is 11.3 Å². The molecular formula is C13H18N2O4S. The third kappa shape index (κ3) is 3.10. The molecule has 0 saturated heterocycles. The van der Waals surface area contributed by atoms with Crippen molar-refractivity contribution in [2.75, 3.05) is 26.8 Å². The molecule has 1 unspecified atom stereocenters. The van der Waals surface area contributed by atoms with Crippen LogP contribution in [-0.4, -0.2) is 48.8 Å². The molecule has 2 N–H and O–H groups in total. The molecule has 2 amide bonds. The number of urea groups is 1. The van der Waals surface area contributed by atoms with Gasteiger partial charge in [0, 0.05) is 31.7 Å². The van der Waals surface area contributed by atoms with Crippen molar-refractivity contribution in [3.8, 4) is 0 Å². The van der Waals surface area contributed by atoms with Crippen LogP contribution in [0, 0.1) is 0 Å². The fourth-order valence-electron chi connectivity index (χ4n) is 2.31. The van der Waals surface area contributed by atoms with Crippen LogP contribution in [0.25, 0.3) is 0 Å². The standard InChI is InChI=1S/C13H18N2O4S/c1-19-7-2-5-14-13(18)15-6-3-10-9(4-8-20-10)11(15)12(16)17/h4,8,11H,2-3,5-7H2,1H3,(H,14,18)(H,16,17). The Bertz CT molecular complexity index is 488. The number of methoxy groups -OCH3 is 1. The van der Waals surface area contributed by atoms with Crippen molar-refractivity contribution >= 4 is 23.3 Å². The van der Waals surface area contributed by atoms with E-state index in [1.165, 1.54) is 4.90 Å². The van der Waals surface area contributed by atoms with Crippen molar-refractivity contribution in [2.24, 2.45) is 0 Å². The second-order valence-electron chi connectivity index (χ2n) is 4.56. The number of carboxylic acids is 1. The Morgan fingerprint density at radius 3 is 3.10 bits per heavy atom. The number of hydrogen-bond acceptors (Lipinski definition) is 4. The number of thiophene rings is 1. The summed E-state index contributed by atoms with van der Waals surface area (Å²) in [6, 6.07) is 0.584. The van der Waals surface area contributed by atoms with E-state index < -0.39 is 12.0 Å². The molecule has 110 valence electrons. The van der Waals surface area contributed by atoms with Gasteiger partial charge in [-0.3, -0.25) is 0 Å². The number of ether oxygens (including phenoxy) is 1. The summed E-state index contributed by atoms with van der Waals surface area (Å²) in [5.41, 5.74) is 0.737. The summed E-state index contributed by atoms with van der Waals surface area (Å²) in [5, 5.41) is 14.0. The van der Waals surface area contributed by atoms with Gasteiger partial charge >= 0.3 is 12.0 Å². The van der Waals surface area contributed by atoms with E-state index in [0.717, 1.165) is 10.4 Å². The van der Waals surface area contributed by atoms with E-state index in [-0.39, 0.29) is 6.03 Å². The van der Waals surface area contributed by atoms with E-state index in [2.05, 4.69) is 5.32 Å². The normalized spacial score (nSPS) is 17.6. The molecule has 0 radical (unpaired) electrons. The zero-order chi connectivity index (χ0) is 14.5. The van der Waals surface area contributed by atoms with Gasteiger partial charge in [0.15, 0.2) is 6.04 Å². The molecule has 2 rings (SSSR count). The lowest BCUT2D eigenvalue weighted by atomic mass is 10.0. The van der Waals surface area contributed by atoms with Gasteiger partial charge in [0.1, 0.15) is 0 Å². The summed E-state index contributed by atoms with van der Waals surface area (Å²) in [6.07, 6.45) is 1.42. The smallest absolute Gasteiger partial charge is 0.331 e.